The summed E-state index contributed by atoms with van der Waals surface area (Å²) in [6.45, 7) is 5.75. The lowest BCUT2D eigenvalue weighted by Crippen LogP contribution is -2.68. The summed E-state index contributed by atoms with van der Waals surface area (Å²) in [4.78, 5) is 13.4. The summed E-state index contributed by atoms with van der Waals surface area (Å²) in [7, 11) is 0. The average Bonchev–Trinajstić information content (AvgIpc) is 2.58. The van der Waals surface area contributed by atoms with Crippen molar-refractivity contribution in [1.82, 2.24) is 14.9 Å². The Bertz CT molecular complexity index is 788. The van der Waals surface area contributed by atoms with Gasteiger partial charge in [0.1, 0.15) is 0 Å². The normalized spacial score (nSPS) is 23.0. The van der Waals surface area contributed by atoms with Crippen molar-refractivity contribution in [2.75, 3.05) is 18.0 Å². The van der Waals surface area contributed by atoms with Crippen LogP contribution in [0.15, 0.2) is 30.3 Å². The molecule has 3 aliphatic rings. The number of halogens is 3. The number of aromatic nitrogens is 2. The third-order valence-electron chi connectivity index (χ3n) is 5.27. The van der Waals surface area contributed by atoms with Gasteiger partial charge in [-0.2, -0.15) is 13.2 Å². The second-order valence-corrected chi connectivity index (χ2v) is 7.23. The highest BCUT2D eigenvalue weighted by molar-refractivity contribution is 5.37. The van der Waals surface area contributed by atoms with Gasteiger partial charge in [0.05, 0.1) is 5.56 Å². The molecule has 4 heterocycles. The summed E-state index contributed by atoms with van der Waals surface area (Å²) < 4.78 is 39.7. The van der Waals surface area contributed by atoms with Crippen molar-refractivity contribution in [2.24, 2.45) is 0 Å². The van der Waals surface area contributed by atoms with Crippen LogP contribution < -0.4 is 4.90 Å². The molecule has 138 valence electrons. The number of aryl methyl sites for hydroxylation is 2. The number of fused-ring (bicyclic) bond motifs is 2. The fourth-order valence-electron chi connectivity index (χ4n) is 4.09. The second-order valence-electron chi connectivity index (χ2n) is 7.23. The van der Waals surface area contributed by atoms with Gasteiger partial charge in [-0.15, -0.1) is 0 Å². The molecule has 2 atom stereocenters. The molecule has 0 spiro atoms. The zero-order chi connectivity index (χ0) is 18.5. The molecule has 2 unspecified atom stereocenters. The minimum atomic E-state index is -4.31. The van der Waals surface area contributed by atoms with Crippen LogP contribution in [0, 0.1) is 13.8 Å². The van der Waals surface area contributed by atoms with E-state index in [1.807, 2.05) is 19.9 Å². The summed E-state index contributed by atoms with van der Waals surface area (Å²) in [6.07, 6.45) is -3.29. The first-order valence-electron chi connectivity index (χ1n) is 8.79. The number of piperazine rings is 1. The van der Waals surface area contributed by atoms with Crippen LogP contribution in [0.3, 0.4) is 0 Å². The van der Waals surface area contributed by atoms with Crippen LogP contribution in [-0.4, -0.2) is 40.0 Å². The number of piperidine rings is 1. The summed E-state index contributed by atoms with van der Waals surface area (Å²) in [5, 5.41) is 0. The van der Waals surface area contributed by atoms with Gasteiger partial charge < -0.3 is 4.90 Å². The SMILES string of the molecule is Cc1cc(C)nc(N2CC3CC(C2)N3Cc2ccccc2C(F)(F)F)n1. The van der Waals surface area contributed by atoms with E-state index in [1.54, 1.807) is 12.1 Å². The number of benzene rings is 1. The van der Waals surface area contributed by atoms with Gasteiger partial charge in [0, 0.05) is 43.1 Å². The van der Waals surface area contributed by atoms with Gasteiger partial charge in [-0.25, -0.2) is 9.97 Å². The minimum Gasteiger partial charge on any atom is -0.338 e. The van der Waals surface area contributed by atoms with Gasteiger partial charge in [0.15, 0.2) is 0 Å². The number of nitrogens with zero attached hydrogens (tertiary/aromatic N) is 4. The van der Waals surface area contributed by atoms with Crippen LogP contribution in [0.25, 0.3) is 0 Å². The summed E-state index contributed by atoms with van der Waals surface area (Å²) in [5.74, 6) is 0.729. The smallest absolute Gasteiger partial charge is 0.338 e. The van der Waals surface area contributed by atoms with Crippen molar-refractivity contribution in [3.63, 3.8) is 0 Å². The van der Waals surface area contributed by atoms with E-state index in [4.69, 9.17) is 0 Å². The van der Waals surface area contributed by atoms with Crippen LogP contribution in [0.2, 0.25) is 0 Å². The number of hydrogen-bond acceptors (Lipinski definition) is 4. The summed E-state index contributed by atoms with van der Waals surface area (Å²) in [5.41, 5.74) is 1.69. The minimum absolute atomic E-state index is 0.249. The average molecular weight is 362 g/mol. The Morgan fingerprint density at radius 2 is 1.65 bits per heavy atom. The number of alkyl halides is 3. The molecule has 0 aliphatic carbocycles. The Balaban J connectivity index is 1.49. The Labute approximate surface area is 150 Å². The van der Waals surface area contributed by atoms with E-state index < -0.39 is 11.7 Å². The summed E-state index contributed by atoms with van der Waals surface area (Å²) in [6, 6.07) is 8.31. The van der Waals surface area contributed by atoms with Gasteiger partial charge in [0.2, 0.25) is 5.95 Å². The van der Waals surface area contributed by atoms with E-state index in [1.165, 1.54) is 12.1 Å². The molecule has 0 radical (unpaired) electrons. The zero-order valence-corrected chi connectivity index (χ0v) is 14.8. The standard InChI is InChI=1S/C19H21F3N4/c1-12-7-13(2)24-18(23-12)25-10-15-8-16(11-25)26(15)9-14-5-3-4-6-17(14)19(20,21)22/h3-7,15-16H,8-11H2,1-2H3. The molecule has 2 aromatic rings. The Hall–Kier alpha value is -2.15. The van der Waals surface area contributed by atoms with Crippen molar-refractivity contribution in [3.8, 4) is 0 Å². The molecule has 1 aromatic carbocycles. The van der Waals surface area contributed by atoms with Crippen molar-refractivity contribution >= 4 is 5.95 Å². The highest BCUT2D eigenvalue weighted by atomic mass is 19.4. The largest absolute Gasteiger partial charge is 0.416 e. The lowest BCUT2D eigenvalue weighted by atomic mass is 9.86. The zero-order valence-electron chi connectivity index (χ0n) is 14.8. The van der Waals surface area contributed by atoms with Crippen molar-refractivity contribution < 1.29 is 13.2 Å². The fraction of sp³-hybridized carbons (Fsp3) is 0.474. The van der Waals surface area contributed by atoms with E-state index in [9.17, 15) is 13.2 Å². The van der Waals surface area contributed by atoms with E-state index in [-0.39, 0.29) is 12.1 Å². The molecule has 3 saturated heterocycles. The molecule has 3 fully saturated rings. The van der Waals surface area contributed by atoms with Gasteiger partial charge in [-0.3, -0.25) is 4.90 Å². The molecule has 26 heavy (non-hydrogen) atoms. The Morgan fingerprint density at radius 3 is 2.27 bits per heavy atom. The van der Waals surface area contributed by atoms with Crippen molar-refractivity contribution in [3.05, 3.63) is 52.8 Å². The van der Waals surface area contributed by atoms with Crippen LogP contribution in [0.4, 0.5) is 19.1 Å². The molecular weight excluding hydrogens is 341 g/mol. The fourth-order valence-corrected chi connectivity index (χ4v) is 4.09. The summed E-state index contributed by atoms with van der Waals surface area (Å²) >= 11 is 0. The quantitative estimate of drug-likeness (QED) is 0.836. The van der Waals surface area contributed by atoms with E-state index in [0.29, 0.717) is 12.1 Å². The predicted octanol–water partition coefficient (Wildman–Crippen LogP) is 3.58. The van der Waals surface area contributed by atoms with Crippen molar-refractivity contribution in [1.29, 1.82) is 0 Å². The van der Waals surface area contributed by atoms with Crippen LogP contribution in [-0.2, 0) is 12.7 Å². The molecule has 1 aromatic heterocycles. The van der Waals surface area contributed by atoms with Gasteiger partial charge in [0.25, 0.3) is 0 Å². The first-order chi connectivity index (χ1) is 12.3. The van der Waals surface area contributed by atoms with Crippen molar-refractivity contribution in [2.45, 2.75) is 45.1 Å². The molecular formula is C19H21F3N4. The van der Waals surface area contributed by atoms with Crippen LogP contribution in [0.1, 0.15) is 28.9 Å². The molecule has 2 bridgehead atoms. The predicted molar refractivity (Wildman–Crippen MR) is 92.9 cm³/mol. The van der Waals surface area contributed by atoms with Crippen LogP contribution in [0.5, 0.6) is 0 Å². The van der Waals surface area contributed by atoms with E-state index in [2.05, 4.69) is 19.8 Å². The molecule has 4 nitrogen and oxygen atoms in total. The highest BCUT2D eigenvalue weighted by Gasteiger charge is 2.46. The molecule has 0 amide bonds. The highest BCUT2D eigenvalue weighted by Crippen LogP contribution is 2.38. The molecule has 0 N–H and O–H groups in total. The van der Waals surface area contributed by atoms with E-state index >= 15 is 0 Å². The lowest BCUT2D eigenvalue weighted by molar-refractivity contribution is -0.139. The van der Waals surface area contributed by atoms with Gasteiger partial charge in [-0.05, 0) is 38.0 Å². The second kappa shape index (κ2) is 6.23. The Morgan fingerprint density at radius 1 is 1.04 bits per heavy atom. The maximum Gasteiger partial charge on any atom is 0.416 e. The topological polar surface area (TPSA) is 32.3 Å². The molecule has 5 rings (SSSR count). The number of hydrogen-bond donors (Lipinski definition) is 0. The van der Waals surface area contributed by atoms with Gasteiger partial charge >= 0.3 is 6.18 Å². The molecule has 7 heteroatoms. The lowest BCUT2D eigenvalue weighted by Gasteiger charge is -2.56. The maximum absolute atomic E-state index is 13.2. The van der Waals surface area contributed by atoms with E-state index in [0.717, 1.165) is 36.8 Å². The first kappa shape index (κ1) is 17.3. The van der Waals surface area contributed by atoms with Gasteiger partial charge in [-0.1, -0.05) is 18.2 Å². The third-order valence-corrected chi connectivity index (χ3v) is 5.27. The number of anilines is 1. The number of rotatable bonds is 3. The monoisotopic (exact) mass is 362 g/mol. The first-order valence-corrected chi connectivity index (χ1v) is 8.79. The Kier molecular flexibility index (Phi) is 4.14. The third kappa shape index (κ3) is 3.16. The molecule has 3 aliphatic heterocycles. The van der Waals surface area contributed by atoms with Crippen LogP contribution >= 0.6 is 0 Å². The molecule has 0 saturated carbocycles. The maximum atomic E-state index is 13.2.